The lowest BCUT2D eigenvalue weighted by atomic mass is 9.90. The Hall–Kier alpha value is -1.59. The molecule has 1 aliphatic rings. The van der Waals surface area contributed by atoms with Gasteiger partial charge in [0.15, 0.2) is 7.37 Å². The van der Waals surface area contributed by atoms with Gasteiger partial charge in [-0.3, -0.25) is 4.57 Å². The fraction of sp³-hybridized carbons (Fsp3) is 0.545. The van der Waals surface area contributed by atoms with Crippen LogP contribution in [-0.4, -0.2) is 51.9 Å². The highest BCUT2D eigenvalue weighted by Crippen LogP contribution is 2.37. The van der Waals surface area contributed by atoms with Gasteiger partial charge in [0, 0.05) is 31.2 Å². The summed E-state index contributed by atoms with van der Waals surface area (Å²) < 4.78 is 16.8. The number of unbranched alkanes of at least 4 members (excludes halogenated alkanes) is 1. The van der Waals surface area contributed by atoms with E-state index in [4.69, 9.17) is 4.74 Å². The van der Waals surface area contributed by atoms with E-state index in [9.17, 15) is 24.8 Å². The molecule has 1 fully saturated rings. The van der Waals surface area contributed by atoms with Gasteiger partial charge in [-0.1, -0.05) is 30.4 Å². The molecule has 1 aromatic carbocycles. The normalized spacial score (nSPS) is 26.9. The third kappa shape index (κ3) is 8.75. The molecule has 162 valence electrons. The van der Waals surface area contributed by atoms with Crippen LogP contribution in [0, 0.1) is 11.8 Å². The van der Waals surface area contributed by atoms with Crippen molar-refractivity contribution in [1.82, 2.24) is 0 Å². The topological polar surface area (TPSA) is 107 Å². The first kappa shape index (κ1) is 23.7. The van der Waals surface area contributed by atoms with Crippen molar-refractivity contribution in [3.8, 4) is 11.5 Å². The van der Waals surface area contributed by atoms with Crippen LogP contribution in [0.15, 0.2) is 48.6 Å². The van der Waals surface area contributed by atoms with Crippen molar-refractivity contribution in [2.24, 2.45) is 11.8 Å². The molecule has 1 aromatic rings. The fourth-order valence-corrected chi connectivity index (χ4v) is 4.42. The molecule has 0 heterocycles. The zero-order chi connectivity index (χ0) is 21.3. The average Bonchev–Trinajstić information content (AvgIpc) is 2.90. The molecule has 0 aliphatic heterocycles. The number of aliphatic hydroxyl groups excluding tert-OH is 2. The van der Waals surface area contributed by atoms with Gasteiger partial charge < -0.3 is 24.9 Å². The average molecular weight is 424 g/mol. The van der Waals surface area contributed by atoms with Crippen LogP contribution in [0.2, 0.25) is 0 Å². The molecular weight excluding hydrogens is 391 g/mol. The zero-order valence-corrected chi connectivity index (χ0v) is 17.8. The van der Waals surface area contributed by atoms with Gasteiger partial charge in [0.05, 0.1) is 18.8 Å². The highest BCUT2D eigenvalue weighted by Gasteiger charge is 2.39. The molecule has 5 atom stereocenters. The lowest BCUT2D eigenvalue weighted by molar-refractivity contribution is 0.120. The van der Waals surface area contributed by atoms with Gasteiger partial charge in [0.1, 0.15) is 11.5 Å². The van der Waals surface area contributed by atoms with Gasteiger partial charge in [-0.05, 0) is 43.7 Å². The Morgan fingerprint density at radius 1 is 1.17 bits per heavy atom. The van der Waals surface area contributed by atoms with Gasteiger partial charge >= 0.3 is 0 Å². The second-order valence-electron chi connectivity index (χ2n) is 7.80. The summed E-state index contributed by atoms with van der Waals surface area (Å²) in [7, 11) is -2.94. The Bertz CT molecular complexity index is 726. The highest BCUT2D eigenvalue weighted by atomic mass is 31.2. The quantitative estimate of drug-likeness (QED) is 0.245. The van der Waals surface area contributed by atoms with Crippen LogP contribution in [0.5, 0.6) is 11.5 Å². The van der Waals surface area contributed by atoms with Crippen molar-refractivity contribution < 1.29 is 29.5 Å². The van der Waals surface area contributed by atoms with E-state index >= 15 is 0 Å². The number of ether oxygens (including phenoxy) is 1. The van der Waals surface area contributed by atoms with Crippen molar-refractivity contribution in [2.45, 2.75) is 44.3 Å². The van der Waals surface area contributed by atoms with E-state index in [2.05, 4.69) is 0 Å². The van der Waals surface area contributed by atoms with E-state index in [1.807, 2.05) is 24.3 Å². The summed E-state index contributed by atoms with van der Waals surface area (Å²) in [6.45, 7) is 1.83. The summed E-state index contributed by atoms with van der Waals surface area (Å²) in [5.41, 5.74) is 0. The first-order valence-corrected chi connectivity index (χ1v) is 12.4. The largest absolute Gasteiger partial charge is 0.508 e. The molecule has 0 amide bonds. The Morgan fingerprint density at radius 2 is 1.97 bits per heavy atom. The van der Waals surface area contributed by atoms with E-state index in [0.29, 0.717) is 44.2 Å². The molecule has 5 unspecified atom stereocenters. The van der Waals surface area contributed by atoms with E-state index in [1.165, 1.54) is 6.66 Å². The molecule has 4 N–H and O–H groups in total. The van der Waals surface area contributed by atoms with Crippen LogP contribution >= 0.6 is 7.37 Å². The second kappa shape index (κ2) is 11.6. The predicted molar refractivity (Wildman–Crippen MR) is 115 cm³/mol. The molecule has 29 heavy (non-hydrogen) atoms. The molecule has 0 saturated heterocycles. The van der Waals surface area contributed by atoms with Gasteiger partial charge in [0.2, 0.25) is 0 Å². The Balaban J connectivity index is 1.76. The number of hydrogen-bond acceptors (Lipinski definition) is 5. The number of phenols is 1. The van der Waals surface area contributed by atoms with Crippen molar-refractivity contribution in [3.63, 3.8) is 0 Å². The summed E-state index contributed by atoms with van der Waals surface area (Å²) in [4.78, 5) is 9.29. The minimum Gasteiger partial charge on any atom is -0.508 e. The second-order valence-corrected chi connectivity index (χ2v) is 10.3. The van der Waals surface area contributed by atoms with Crippen molar-refractivity contribution in [1.29, 1.82) is 0 Å². The first-order valence-electron chi connectivity index (χ1n) is 10.1. The monoisotopic (exact) mass is 424 g/mol. The Morgan fingerprint density at radius 3 is 2.69 bits per heavy atom. The predicted octanol–water partition coefficient (Wildman–Crippen LogP) is 3.70. The molecule has 2 rings (SSSR count). The number of hydrogen-bond donors (Lipinski definition) is 4. The maximum atomic E-state index is 11.3. The molecule has 1 aliphatic carbocycles. The third-order valence-electron chi connectivity index (χ3n) is 5.16. The maximum absolute atomic E-state index is 11.3. The summed E-state index contributed by atoms with van der Waals surface area (Å²) in [5.74, 6) is 0.624. The third-order valence-corrected chi connectivity index (χ3v) is 6.31. The van der Waals surface area contributed by atoms with Crippen LogP contribution in [0.4, 0.5) is 0 Å². The van der Waals surface area contributed by atoms with Crippen LogP contribution in [-0.2, 0) is 4.57 Å². The molecule has 0 bridgehead atoms. The number of aromatic hydroxyl groups is 1. The van der Waals surface area contributed by atoms with E-state index < -0.39 is 19.6 Å². The van der Waals surface area contributed by atoms with E-state index in [-0.39, 0.29) is 17.6 Å². The lowest BCUT2D eigenvalue weighted by Crippen LogP contribution is -2.19. The number of rotatable bonds is 11. The van der Waals surface area contributed by atoms with Crippen LogP contribution in [0.3, 0.4) is 0 Å². The summed E-state index contributed by atoms with van der Waals surface area (Å²) in [5, 5.41) is 30.0. The molecule has 0 aromatic heterocycles. The van der Waals surface area contributed by atoms with Crippen LogP contribution < -0.4 is 4.74 Å². The first-order chi connectivity index (χ1) is 13.8. The van der Waals surface area contributed by atoms with Crippen molar-refractivity contribution in [2.75, 3.05) is 19.4 Å². The number of phenolic OH excluding ortho intramolecular Hbond substituents is 1. The molecule has 7 heteroatoms. The Kier molecular flexibility index (Phi) is 9.44. The minimum atomic E-state index is -2.94. The van der Waals surface area contributed by atoms with Crippen LogP contribution in [0.25, 0.3) is 0 Å². The van der Waals surface area contributed by atoms with Gasteiger partial charge in [-0.2, -0.15) is 0 Å². The van der Waals surface area contributed by atoms with E-state index in [0.717, 1.165) is 6.42 Å². The Labute approximate surface area is 173 Å². The fourth-order valence-electron chi connectivity index (χ4n) is 3.65. The summed E-state index contributed by atoms with van der Waals surface area (Å²) in [6.07, 6.45) is 10.2. The SMILES string of the molecule is CP(=O)(O)CCCC=CCC1C(O)CC(O)C1C=CCCOc1cccc(O)c1. The molecule has 0 radical (unpaired) electrons. The van der Waals surface area contributed by atoms with Crippen molar-refractivity contribution in [3.05, 3.63) is 48.6 Å². The molecule has 1 saturated carbocycles. The smallest absolute Gasteiger partial charge is 0.197 e. The van der Waals surface area contributed by atoms with E-state index in [1.54, 1.807) is 24.3 Å². The van der Waals surface area contributed by atoms with Crippen molar-refractivity contribution >= 4 is 7.37 Å². The highest BCUT2D eigenvalue weighted by molar-refractivity contribution is 7.57. The summed E-state index contributed by atoms with van der Waals surface area (Å²) in [6, 6.07) is 6.65. The lowest BCUT2D eigenvalue weighted by Gasteiger charge is -2.19. The number of allylic oxidation sites excluding steroid dienone is 2. The van der Waals surface area contributed by atoms with Gasteiger partial charge in [0.25, 0.3) is 0 Å². The molecular formula is C22H33O6P. The standard InChI is InChI=1S/C22H33O6P/c1-29(26,27)14-7-3-2-4-11-19-20(22(25)16-21(19)24)12-5-6-13-28-18-10-8-9-17(23)15-18/h2,4-5,8-10,12,15,19-25H,3,6-7,11,13-14,16H2,1H3,(H,26,27). The van der Waals surface area contributed by atoms with Gasteiger partial charge in [-0.15, -0.1) is 0 Å². The maximum Gasteiger partial charge on any atom is 0.197 e. The molecule has 6 nitrogen and oxygen atoms in total. The summed E-state index contributed by atoms with van der Waals surface area (Å²) >= 11 is 0. The molecule has 0 spiro atoms. The van der Waals surface area contributed by atoms with Gasteiger partial charge in [-0.25, -0.2) is 0 Å². The van der Waals surface area contributed by atoms with Crippen LogP contribution in [0.1, 0.15) is 32.1 Å². The number of aliphatic hydroxyl groups is 2. The zero-order valence-electron chi connectivity index (χ0n) is 16.9. The minimum absolute atomic E-state index is 0.0420. The number of benzene rings is 1.